The minimum Gasteiger partial charge on any atom is -0.397 e. The van der Waals surface area contributed by atoms with Crippen LogP contribution in [-0.4, -0.2) is 10.5 Å². The quantitative estimate of drug-likeness (QED) is 0.884. The summed E-state index contributed by atoms with van der Waals surface area (Å²) in [4.78, 5) is 12.1. The van der Waals surface area contributed by atoms with Gasteiger partial charge in [0, 0.05) is 18.9 Å². The normalized spacial score (nSPS) is 10.4. The van der Waals surface area contributed by atoms with Crippen LogP contribution in [0.2, 0.25) is 0 Å². The Morgan fingerprint density at radius 1 is 1.32 bits per heavy atom. The van der Waals surface area contributed by atoms with Gasteiger partial charge in [-0.2, -0.15) is 0 Å². The number of hydrogen-bond donors (Lipinski definition) is 2. The van der Waals surface area contributed by atoms with E-state index in [2.05, 4.69) is 12.2 Å². The highest BCUT2D eigenvalue weighted by atomic mass is 16.1. The average Bonchev–Trinajstić information content (AvgIpc) is 2.71. The van der Waals surface area contributed by atoms with Gasteiger partial charge in [0.1, 0.15) is 5.69 Å². The minimum atomic E-state index is -0.151. The predicted octanol–water partition coefficient (Wildman–Crippen LogP) is 2.81. The molecule has 4 nitrogen and oxygen atoms in total. The molecule has 0 fully saturated rings. The van der Waals surface area contributed by atoms with E-state index in [0.29, 0.717) is 11.4 Å². The van der Waals surface area contributed by atoms with E-state index in [0.717, 1.165) is 18.5 Å². The molecule has 0 bridgehead atoms. The number of benzene rings is 1. The van der Waals surface area contributed by atoms with Gasteiger partial charge < -0.3 is 15.6 Å². The fourth-order valence-corrected chi connectivity index (χ4v) is 2.05. The molecule has 100 valence electrons. The molecule has 3 N–H and O–H groups in total. The van der Waals surface area contributed by atoms with Crippen molar-refractivity contribution in [1.82, 2.24) is 4.57 Å². The largest absolute Gasteiger partial charge is 0.397 e. The molecular weight excluding hydrogens is 238 g/mol. The number of hydrogen-bond acceptors (Lipinski definition) is 2. The van der Waals surface area contributed by atoms with Crippen LogP contribution in [0.15, 0.2) is 36.5 Å². The number of carbonyl (C=O) groups excluding carboxylic acids is 1. The summed E-state index contributed by atoms with van der Waals surface area (Å²) in [5.41, 5.74) is 8.88. The van der Waals surface area contributed by atoms with Crippen LogP contribution in [0, 0.1) is 0 Å². The molecule has 0 aliphatic carbocycles. The Morgan fingerprint density at radius 3 is 2.53 bits per heavy atom. The molecule has 1 amide bonds. The van der Waals surface area contributed by atoms with E-state index in [-0.39, 0.29) is 5.91 Å². The van der Waals surface area contributed by atoms with Gasteiger partial charge in [-0.3, -0.25) is 4.79 Å². The lowest BCUT2D eigenvalue weighted by atomic mass is 10.1. The maximum absolute atomic E-state index is 12.1. The number of rotatable bonds is 4. The Bertz CT molecular complexity index is 570. The topological polar surface area (TPSA) is 60.1 Å². The molecule has 0 saturated carbocycles. The zero-order valence-corrected chi connectivity index (χ0v) is 11.3. The second kappa shape index (κ2) is 5.61. The molecule has 0 spiro atoms. The van der Waals surface area contributed by atoms with E-state index in [1.54, 1.807) is 23.9 Å². The SMILES string of the molecule is CCCc1ccc(NC(=O)c2cc(N)cn2C)cc1. The first-order chi connectivity index (χ1) is 9.10. The van der Waals surface area contributed by atoms with Crippen LogP contribution in [0.3, 0.4) is 0 Å². The van der Waals surface area contributed by atoms with Gasteiger partial charge in [0.25, 0.3) is 5.91 Å². The zero-order valence-electron chi connectivity index (χ0n) is 11.3. The third kappa shape index (κ3) is 3.16. The van der Waals surface area contributed by atoms with Gasteiger partial charge in [-0.05, 0) is 30.2 Å². The highest BCUT2D eigenvalue weighted by Crippen LogP contribution is 2.14. The smallest absolute Gasteiger partial charge is 0.272 e. The van der Waals surface area contributed by atoms with Gasteiger partial charge in [-0.1, -0.05) is 25.5 Å². The summed E-state index contributed by atoms with van der Waals surface area (Å²) >= 11 is 0. The van der Waals surface area contributed by atoms with Gasteiger partial charge >= 0.3 is 0 Å². The highest BCUT2D eigenvalue weighted by molar-refractivity contribution is 6.03. The van der Waals surface area contributed by atoms with Crippen molar-refractivity contribution < 1.29 is 4.79 Å². The molecule has 1 aromatic heterocycles. The van der Waals surface area contributed by atoms with Crippen LogP contribution in [0.1, 0.15) is 29.4 Å². The summed E-state index contributed by atoms with van der Waals surface area (Å²) in [5.74, 6) is -0.151. The number of aromatic nitrogens is 1. The fraction of sp³-hybridized carbons (Fsp3) is 0.267. The first kappa shape index (κ1) is 13.2. The zero-order chi connectivity index (χ0) is 13.8. The van der Waals surface area contributed by atoms with Gasteiger partial charge in [0.15, 0.2) is 0 Å². The number of nitrogens with two attached hydrogens (primary N) is 1. The van der Waals surface area contributed by atoms with Crippen molar-refractivity contribution in [3.05, 3.63) is 47.8 Å². The van der Waals surface area contributed by atoms with E-state index in [1.807, 2.05) is 24.3 Å². The maximum Gasteiger partial charge on any atom is 0.272 e. The van der Waals surface area contributed by atoms with E-state index in [1.165, 1.54) is 5.56 Å². The molecule has 4 heteroatoms. The number of anilines is 2. The van der Waals surface area contributed by atoms with Crippen molar-refractivity contribution in [3.8, 4) is 0 Å². The third-order valence-electron chi connectivity index (χ3n) is 3.01. The fourth-order valence-electron chi connectivity index (χ4n) is 2.05. The van der Waals surface area contributed by atoms with Crippen molar-refractivity contribution in [2.24, 2.45) is 7.05 Å². The summed E-state index contributed by atoms with van der Waals surface area (Å²) in [6.07, 6.45) is 3.90. The lowest BCUT2D eigenvalue weighted by molar-refractivity contribution is 0.101. The summed E-state index contributed by atoms with van der Waals surface area (Å²) in [6.45, 7) is 2.15. The number of nitrogens with zero attached hydrogens (tertiary/aromatic N) is 1. The number of nitrogen functional groups attached to an aromatic ring is 1. The van der Waals surface area contributed by atoms with Crippen molar-refractivity contribution in [2.45, 2.75) is 19.8 Å². The molecule has 0 aliphatic heterocycles. The second-order valence-corrected chi connectivity index (χ2v) is 4.67. The lowest BCUT2D eigenvalue weighted by Crippen LogP contribution is -2.15. The standard InChI is InChI=1S/C15H19N3O/c1-3-4-11-5-7-13(8-6-11)17-15(19)14-9-12(16)10-18(14)2/h5-10H,3-4,16H2,1-2H3,(H,17,19). The second-order valence-electron chi connectivity index (χ2n) is 4.67. The van der Waals surface area contributed by atoms with Gasteiger partial charge in [-0.25, -0.2) is 0 Å². The highest BCUT2D eigenvalue weighted by Gasteiger charge is 2.10. The molecular formula is C15H19N3O. The summed E-state index contributed by atoms with van der Waals surface area (Å²) in [7, 11) is 1.80. The monoisotopic (exact) mass is 257 g/mol. The van der Waals surface area contributed by atoms with Crippen molar-refractivity contribution in [2.75, 3.05) is 11.1 Å². The Kier molecular flexibility index (Phi) is 3.90. The molecule has 2 aromatic rings. The summed E-state index contributed by atoms with van der Waals surface area (Å²) in [5, 5.41) is 2.87. The molecule has 0 unspecified atom stereocenters. The van der Waals surface area contributed by atoms with E-state index < -0.39 is 0 Å². The average molecular weight is 257 g/mol. The van der Waals surface area contributed by atoms with Crippen LogP contribution in [0.5, 0.6) is 0 Å². The van der Waals surface area contributed by atoms with Crippen LogP contribution >= 0.6 is 0 Å². The maximum atomic E-state index is 12.1. The van der Waals surface area contributed by atoms with Crippen molar-refractivity contribution in [1.29, 1.82) is 0 Å². The minimum absolute atomic E-state index is 0.151. The van der Waals surface area contributed by atoms with Gasteiger partial charge in [0.05, 0.1) is 5.69 Å². The third-order valence-corrected chi connectivity index (χ3v) is 3.01. The summed E-state index contributed by atoms with van der Waals surface area (Å²) < 4.78 is 1.72. The predicted molar refractivity (Wildman–Crippen MR) is 78.2 cm³/mol. The van der Waals surface area contributed by atoms with E-state index >= 15 is 0 Å². The Labute approximate surface area is 113 Å². The number of carbonyl (C=O) groups is 1. The summed E-state index contributed by atoms with van der Waals surface area (Å²) in [6, 6.07) is 9.60. The Balaban J connectivity index is 2.08. The molecule has 0 radical (unpaired) electrons. The van der Waals surface area contributed by atoms with Gasteiger partial charge in [-0.15, -0.1) is 0 Å². The Morgan fingerprint density at radius 2 is 2.00 bits per heavy atom. The van der Waals surface area contributed by atoms with Crippen molar-refractivity contribution >= 4 is 17.3 Å². The van der Waals surface area contributed by atoms with Gasteiger partial charge in [0.2, 0.25) is 0 Å². The lowest BCUT2D eigenvalue weighted by Gasteiger charge is -2.07. The van der Waals surface area contributed by atoms with E-state index in [9.17, 15) is 4.79 Å². The molecule has 0 saturated heterocycles. The van der Waals surface area contributed by atoms with Crippen LogP contribution < -0.4 is 11.1 Å². The first-order valence-electron chi connectivity index (χ1n) is 6.42. The molecule has 0 aliphatic rings. The van der Waals surface area contributed by atoms with Crippen LogP contribution in [0.4, 0.5) is 11.4 Å². The number of nitrogens with one attached hydrogen (secondary N) is 1. The molecule has 1 aromatic carbocycles. The molecule has 0 atom stereocenters. The van der Waals surface area contributed by atoms with Crippen LogP contribution in [-0.2, 0) is 13.5 Å². The number of aryl methyl sites for hydroxylation is 2. The van der Waals surface area contributed by atoms with Crippen molar-refractivity contribution in [3.63, 3.8) is 0 Å². The molecule has 19 heavy (non-hydrogen) atoms. The van der Waals surface area contributed by atoms with Crippen LogP contribution in [0.25, 0.3) is 0 Å². The Hall–Kier alpha value is -2.23. The number of amides is 1. The molecule has 1 heterocycles. The van der Waals surface area contributed by atoms with E-state index in [4.69, 9.17) is 5.73 Å². The first-order valence-corrected chi connectivity index (χ1v) is 6.42. The molecule has 2 rings (SSSR count).